The predicted octanol–water partition coefficient (Wildman–Crippen LogP) is 4.95. The molecule has 1 heterocycles. The monoisotopic (exact) mass is 618 g/mol. The van der Waals surface area contributed by atoms with Crippen LogP contribution in [0.25, 0.3) is 0 Å². The number of hydrogen-bond donors (Lipinski definition) is 4. The minimum absolute atomic E-state index is 0.155. The van der Waals surface area contributed by atoms with Crippen molar-refractivity contribution in [1.82, 2.24) is 14.8 Å². The fourth-order valence-corrected chi connectivity index (χ4v) is 4.69. The fraction of sp³-hybridized carbons (Fsp3) is 0.250. The van der Waals surface area contributed by atoms with E-state index in [0.717, 1.165) is 24.0 Å². The number of nitrogens with zero attached hydrogens (tertiary/aromatic N) is 3. The third-order valence-corrected chi connectivity index (χ3v) is 7.39. The van der Waals surface area contributed by atoms with E-state index in [0.29, 0.717) is 23.7 Å². The average molecular weight is 619 g/mol. The summed E-state index contributed by atoms with van der Waals surface area (Å²) in [7, 11) is 1.80. The average Bonchev–Trinajstić information content (AvgIpc) is 3.41. The van der Waals surface area contributed by atoms with Crippen LogP contribution in [0.2, 0.25) is 0 Å². The summed E-state index contributed by atoms with van der Waals surface area (Å²) in [6.07, 6.45) is 4.75. The number of carboxylic acid groups (broad SMARTS) is 3. The van der Waals surface area contributed by atoms with Gasteiger partial charge in [0.2, 0.25) is 5.91 Å². The molecule has 0 radical (unpaired) electrons. The summed E-state index contributed by atoms with van der Waals surface area (Å²) in [4.78, 5) is 43.5. The number of aromatic carboxylic acids is 1. The van der Waals surface area contributed by atoms with Crippen LogP contribution >= 0.6 is 11.8 Å². The highest BCUT2D eigenvalue weighted by Gasteiger charge is 2.08. The predicted molar refractivity (Wildman–Crippen MR) is 166 cm³/mol. The fourth-order valence-electron chi connectivity index (χ4n) is 4.00. The molecule has 44 heavy (non-hydrogen) atoms. The van der Waals surface area contributed by atoms with Gasteiger partial charge in [-0.2, -0.15) is 0 Å². The number of nitrogens with one attached hydrogen (secondary N) is 1. The Bertz CT molecular complexity index is 1540. The molecule has 0 fully saturated rings. The van der Waals surface area contributed by atoms with Gasteiger partial charge in [0.25, 0.3) is 0 Å². The van der Waals surface area contributed by atoms with Gasteiger partial charge in [0.15, 0.2) is 5.16 Å². The third kappa shape index (κ3) is 12.1. The Morgan fingerprint density at radius 2 is 1.30 bits per heavy atom. The largest absolute Gasteiger partial charge is 0.481 e. The van der Waals surface area contributed by atoms with Crippen molar-refractivity contribution in [2.75, 3.05) is 11.1 Å². The molecule has 0 saturated heterocycles. The Kier molecular flexibility index (Phi) is 13.1. The van der Waals surface area contributed by atoms with E-state index in [4.69, 9.17) is 15.3 Å². The van der Waals surface area contributed by atoms with Crippen molar-refractivity contribution in [3.8, 4) is 0 Å². The molecule has 1 aromatic heterocycles. The maximum atomic E-state index is 11.7. The molecule has 0 unspecified atom stereocenters. The van der Waals surface area contributed by atoms with Gasteiger partial charge in [0.1, 0.15) is 6.33 Å². The topological polar surface area (TPSA) is 172 Å². The van der Waals surface area contributed by atoms with Gasteiger partial charge in [-0.25, -0.2) is 4.79 Å². The number of thioether (sulfide) groups is 1. The zero-order valence-electron chi connectivity index (χ0n) is 24.2. The summed E-state index contributed by atoms with van der Waals surface area (Å²) in [5.74, 6) is -2.52. The quantitative estimate of drug-likeness (QED) is 0.142. The van der Waals surface area contributed by atoms with Crippen LogP contribution in [0, 0.1) is 0 Å². The SMILES string of the molecule is Cn1cnnc1SCC(=O)Nc1ccc(C(=O)O)cc1.O=C(O)CCCc1ccc(Cc2ccc(CCC(=O)O)cc2)cc1. The van der Waals surface area contributed by atoms with E-state index in [1.54, 1.807) is 30.1 Å². The normalized spacial score (nSPS) is 10.4. The van der Waals surface area contributed by atoms with Gasteiger partial charge in [-0.05, 0) is 72.2 Å². The first kappa shape index (κ1) is 33.5. The number of rotatable bonds is 14. The van der Waals surface area contributed by atoms with Crippen LogP contribution in [0.3, 0.4) is 0 Å². The van der Waals surface area contributed by atoms with Gasteiger partial charge in [0.05, 0.1) is 11.3 Å². The van der Waals surface area contributed by atoms with Crippen LogP contribution in [-0.2, 0) is 40.7 Å². The number of aryl methyl sites for hydroxylation is 3. The van der Waals surface area contributed by atoms with E-state index in [9.17, 15) is 19.2 Å². The molecule has 4 aromatic rings. The summed E-state index contributed by atoms with van der Waals surface area (Å²) in [5.41, 5.74) is 5.32. The molecule has 4 N–H and O–H groups in total. The molecule has 0 aliphatic carbocycles. The van der Waals surface area contributed by atoms with E-state index in [1.165, 1.54) is 35.0 Å². The Morgan fingerprint density at radius 3 is 1.80 bits per heavy atom. The molecule has 0 saturated carbocycles. The Labute approximate surface area is 259 Å². The highest BCUT2D eigenvalue weighted by atomic mass is 32.2. The van der Waals surface area contributed by atoms with Crippen LogP contribution < -0.4 is 5.32 Å². The Balaban J connectivity index is 0.000000244. The van der Waals surface area contributed by atoms with Gasteiger partial charge in [0, 0.05) is 25.6 Å². The number of carbonyl (C=O) groups excluding carboxylic acids is 1. The van der Waals surface area contributed by atoms with E-state index in [2.05, 4.69) is 39.8 Å². The number of benzene rings is 3. The molecule has 0 bridgehead atoms. The third-order valence-electron chi connectivity index (χ3n) is 6.36. The number of aromatic nitrogens is 3. The summed E-state index contributed by atoms with van der Waals surface area (Å²) in [5, 5.41) is 37.0. The van der Waals surface area contributed by atoms with E-state index >= 15 is 0 Å². The summed E-state index contributed by atoms with van der Waals surface area (Å²) < 4.78 is 1.72. The van der Waals surface area contributed by atoms with E-state index < -0.39 is 17.9 Å². The van der Waals surface area contributed by atoms with Gasteiger partial charge >= 0.3 is 17.9 Å². The van der Waals surface area contributed by atoms with Crippen LogP contribution in [0.15, 0.2) is 84.3 Å². The number of amides is 1. The molecular weight excluding hydrogens is 584 g/mol. The van der Waals surface area contributed by atoms with Crippen molar-refractivity contribution >= 4 is 41.3 Å². The number of carbonyl (C=O) groups is 4. The Hall–Kier alpha value is -4.97. The van der Waals surface area contributed by atoms with Gasteiger partial charge < -0.3 is 25.2 Å². The summed E-state index contributed by atoms with van der Waals surface area (Å²) in [6, 6.07) is 22.3. The molecule has 4 rings (SSSR count). The van der Waals surface area contributed by atoms with Crippen molar-refractivity contribution in [2.24, 2.45) is 7.05 Å². The molecule has 1 amide bonds. The summed E-state index contributed by atoms with van der Waals surface area (Å²) >= 11 is 1.27. The second kappa shape index (κ2) is 17.2. The number of anilines is 1. The maximum Gasteiger partial charge on any atom is 0.335 e. The van der Waals surface area contributed by atoms with Gasteiger partial charge in [-0.3, -0.25) is 14.4 Å². The van der Waals surface area contributed by atoms with Crippen molar-refractivity contribution in [1.29, 1.82) is 0 Å². The molecule has 0 spiro atoms. The second-order valence-electron chi connectivity index (χ2n) is 9.89. The number of hydrogen-bond acceptors (Lipinski definition) is 7. The molecule has 230 valence electrons. The van der Waals surface area contributed by atoms with Gasteiger partial charge in [-0.15, -0.1) is 10.2 Å². The molecule has 12 heteroatoms. The highest BCUT2D eigenvalue weighted by molar-refractivity contribution is 7.99. The lowest BCUT2D eigenvalue weighted by molar-refractivity contribution is -0.138. The molecule has 3 aromatic carbocycles. The van der Waals surface area contributed by atoms with Crippen LogP contribution in [0.1, 0.15) is 51.9 Å². The van der Waals surface area contributed by atoms with Crippen molar-refractivity contribution in [3.05, 3.63) is 107 Å². The smallest absolute Gasteiger partial charge is 0.335 e. The minimum Gasteiger partial charge on any atom is -0.481 e. The van der Waals surface area contributed by atoms with Crippen molar-refractivity contribution < 1.29 is 34.5 Å². The van der Waals surface area contributed by atoms with Gasteiger partial charge in [-0.1, -0.05) is 60.3 Å². The Morgan fingerprint density at radius 1 is 0.750 bits per heavy atom. The number of aliphatic carboxylic acids is 2. The lowest BCUT2D eigenvalue weighted by Crippen LogP contribution is -2.14. The van der Waals surface area contributed by atoms with Crippen molar-refractivity contribution in [3.63, 3.8) is 0 Å². The lowest BCUT2D eigenvalue weighted by Gasteiger charge is -2.06. The van der Waals surface area contributed by atoms with E-state index in [-0.39, 0.29) is 30.1 Å². The first-order chi connectivity index (χ1) is 21.1. The molecule has 0 aliphatic rings. The maximum absolute atomic E-state index is 11.7. The van der Waals surface area contributed by atoms with Crippen LogP contribution in [0.5, 0.6) is 0 Å². The highest BCUT2D eigenvalue weighted by Crippen LogP contribution is 2.16. The zero-order valence-corrected chi connectivity index (χ0v) is 25.0. The standard InChI is InChI=1S/C20H22O4.C12H12N4O3S/c21-19(22)3-1-2-15-4-8-17(9-5-15)14-18-10-6-16(7-11-18)12-13-20(23)24;1-16-7-13-15-12(16)20-6-10(17)14-9-4-2-8(3-5-9)11(18)19/h4-11H,1-3,12-14H2,(H,21,22)(H,23,24);2-5,7H,6H2,1H3,(H,14,17)(H,18,19). The van der Waals surface area contributed by atoms with Crippen LogP contribution in [0.4, 0.5) is 5.69 Å². The van der Waals surface area contributed by atoms with Crippen molar-refractivity contribution in [2.45, 2.75) is 43.7 Å². The minimum atomic E-state index is -0.999. The molecule has 0 atom stereocenters. The molecule has 0 aliphatic heterocycles. The first-order valence-corrected chi connectivity index (χ1v) is 14.8. The molecule has 11 nitrogen and oxygen atoms in total. The summed E-state index contributed by atoms with van der Waals surface area (Å²) in [6.45, 7) is 0. The number of carboxylic acids is 3. The lowest BCUT2D eigenvalue weighted by atomic mass is 10.00. The zero-order chi connectivity index (χ0) is 31.9. The van der Waals surface area contributed by atoms with E-state index in [1.807, 2.05) is 24.3 Å². The van der Waals surface area contributed by atoms with Crippen LogP contribution in [-0.4, -0.2) is 59.7 Å². The molecular formula is C32H34N4O7S. The first-order valence-electron chi connectivity index (χ1n) is 13.8. The second-order valence-corrected chi connectivity index (χ2v) is 10.8.